The average Bonchev–Trinajstić information content (AvgIpc) is 2.43. The summed E-state index contributed by atoms with van der Waals surface area (Å²) >= 11 is 3.15. The molecule has 0 aromatic carbocycles. The summed E-state index contributed by atoms with van der Waals surface area (Å²) in [6.07, 6.45) is 9.29. The first-order chi connectivity index (χ1) is 9.55. The summed E-state index contributed by atoms with van der Waals surface area (Å²) in [5.41, 5.74) is 0. The molecule has 6 heteroatoms. The van der Waals surface area contributed by atoms with E-state index in [1.165, 1.54) is 25.7 Å². The Morgan fingerprint density at radius 1 is 1.05 bits per heavy atom. The van der Waals surface area contributed by atoms with E-state index in [1.54, 1.807) is 0 Å². The molecule has 0 aromatic rings. The summed E-state index contributed by atoms with van der Waals surface area (Å²) in [6, 6.07) is 0. The van der Waals surface area contributed by atoms with Crippen LogP contribution in [0.25, 0.3) is 0 Å². The maximum absolute atomic E-state index is 11.6. The second kappa shape index (κ2) is 13.3. The molecular formula is C14H30BrO4P. The van der Waals surface area contributed by atoms with E-state index in [-0.39, 0.29) is 6.61 Å². The molecule has 4 nitrogen and oxygen atoms in total. The molecular weight excluding hydrogens is 343 g/mol. The highest BCUT2D eigenvalue weighted by molar-refractivity contribution is 9.09. The monoisotopic (exact) mass is 372 g/mol. The van der Waals surface area contributed by atoms with E-state index >= 15 is 0 Å². The normalized spacial score (nSPS) is 16.0. The van der Waals surface area contributed by atoms with Crippen molar-refractivity contribution in [2.45, 2.75) is 65.2 Å². The van der Waals surface area contributed by atoms with Crippen molar-refractivity contribution < 1.29 is 18.5 Å². The van der Waals surface area contributed by atoms with Crippen LogP contribution in [0.1, 0.15) is 65.2 Å². The highest BCUT2D eigenvalue weighted by Crippen LogP contribution is 2.44. The van der Waals surface area contributed by atoms with Gasteiger partial charge in [0.15, 0.2) is 0 Å². The fourth-order valence-electron chi connectivity index (χ4n) is 2.05. The van der Waals surface area contributed by atoms with Gasteiger partial charge < -0.3 is 4.89 Å². The summed E-state index contributed by atoms with van der Waals surface area (Å²) < 4.78 is 21.6. The van der Waals surface area contributed by atoms with Gasteiger partial charge in [-0.1, -0.05) is 68.3 Å². The van der Waals surface area contributed by atoms with Crippen LogP contribution in [-0.4, -0.2) is 23.4 Å². The summed E-state index contributed by atoms with van der Waals surface area (Å²) in [7, 11) is -3.87. The zero-order chi connectivity index (χ0) is 15.3. The number of hydrogen-bond donors (Lipinski definition) is 1. The minimum Gasteiger partial charge on any atom is -0.302 e. The first-order valence-electron chi connectivity index (χ1n) is 7.73. The quantitative estimate of drug-likeness (QED) is 0.255. The number of phosphoric ester groups is 1. The van der Waals surface area contributed by atoms with E-state index in [0.717, 1.165) is 25.7 Å². The molecule has 122 valence electrons. The van der Waals surface area contributed by atoms with Gasteiger partial charge in [-0.2, -0.15) is 0 Å². The van der Waals surface area contributed by atoms with Crippen LogP contribution in [0, 0.1) is 5.92 Å². The minimum atomic E-state index is -3.87. The van der Waals surface area contributed by atoms with Crippen LogP contribution in [0.5, 0.6) is 0 Å². The molecule has 0 aromatic heterocycles. The molecule has 2 atom stereocenters. The van der Waals surface area contributed by atoms with E-state index in [1.807, 2.05) is 0 Å². The third-order valence-electron chi connectivity index (χ3n) is 3.24. The SMILES string of the molecule is CCCCCCC(CCCC)COP(=O)(O)OCCBr. The number of hydrogen-bond acceptors (Lipinski definition) is 3. The zero-order valence-electron chi connectivity index (χ0n) is 12.9. The lowest BCUT2D eigenvalue weighted by Crippen LogP contribution is -2.10. The van der Waals surface area contributed by atoms with Crippen LogP contribution < -0.4 is 0 Å². The molecule has 0 aliphatic heterocycles. The third kappa shape index (κ3) is 12.3. The molecule has 2 unspecified atom stereocenters. The fraction of sp³-hybridized carbons (Fsp3) is 1.00. The Labute approximate surface area is 132 Å². The molecule has 0 radical (unpaired) electrons. The minimum absolute atomic E-state index is 0.184. The van der Waals surface area contributed by atoms with Gasteiger partial charge in [0.05, 0.1) is 13.2 Å². The number of unbranched alkanes of at least 4 members (excludes halogenated alkanes) is 4. The highest BCUT2D eigenvalue weighted by Gasteiger charge is 2.22. The Bertz CT molecular complexity index is 264. The summed E-state index contributed by atoms with van der Waals surface area (Å²) in [6.45, 7) is 4.86. The second-order valence-electron chi connectivity index (χ2n) is 5.14. The van der Waals surface area contributed by atoms with E-state index in [0.29, 0.717) is 17.9 Å². The lowest BCUT2D eigenvalue weighted by atomic mass is 9.96. The standard InChI is InChI=1S/C14H30BrO4P/c1-3-5-7-8-10-14(9-6-4-2)13-19-20(16,17)18-12-11-15/h14H,3-13H2,1-2H3,(H,16,17). The Kier molecular flexibility index (Phi) is 13.7. The summed E-state index contributed by atoms with van der Waals surface area (Å²) in [5.74, 6) is 0.361. The molecule has 0 spiro atoms. The lowest BCUT2D eigenvalue weighted by molar-refractivity contribution is 0.130. The Balaban J connectivity index is 4.03. The van der Waals surface area contributed by atoms with Crippen molar-refractivity contribution in [2.24, 2.45) is 5.92 Å². The van der Waals surface area contributed by atoms with Crippen LogP contribution in [0.4, 0.5) is 0 Å². The molecule has 0 aliphatic rings. The number of halogens is 1. The molecule has 1 N–H and O–H groups in total. The smallest absolute Gasteiger partial charge is 0.302 e. The first kappa shape index (κ1) is 20.6. The van der Waals surface area contributed by atoms with Crippen molar-refractivity contribution in [2.75, 3.05) is 18.5 Å². The molecule has 0 fully saturated rings. The van der Waals surface area contributed by atoms with Crippen molar-refractivity contribution in [3.05, 3.63) is 0 Å². The molecule has 0 amide bonds. The molecule has 0 aliphatic carbocycles. The van der Waals surface area contributed by atoms with Gasteiger partial charge in [0.25, 0.3) is 0 Å². The van der Waals surface area contributed by atoms with Gasteiger partial charge in [-0.05, 0) is 18.8 Å². The predicted octanol–water partition coefficient (Wildman–Crippen LogP) is 5.29. The molecule has 0 heterocycles. The Hall–Kier alpha value is 0.590. The summed E-state index contributed by atoms with van der Waals surface area (Å²) in [5, 5.41) is 0.525. The molecule has 0 rings (SSSR count). The fourth-order valence-corrected chi connectivity index (χ4v) is 3.26. The van der Waals surface area contributed by atoms with E-state index in [2.05, 4.69) is 29.8 Å². The number of phosphoric acid groups is 1. The van der Waals surface area contributed by atoms with Gasteiger partial charge in [0, 0.05) is 5.33 Å². The first-order valence-corrected chi connectivity index (χ1v) is 10.3. The van der Waals surface area contributed by atoms with Crippen LogP contribution in [0.15, 0.2) is 0 Å². The van der Waals surface area contributed by atoms with Crippen molar-refractivity contribution >= 4 is 23.8 Å². The Morgan fingerprint density at radius 3 is 2.30 bits per heavy atom. The average molecular weight is 373 g/mol. The lowest BCUT2D eigenvalue weighted by Gasteiger charge is -2.18. The Morgan fingerprint density at radius 2 is 1.70 bits per heavy atom. The number of alkyl halides is 1. The van der Waals surface area contributed by atoms with Crippen molar-refractivity contribution in [1.29, 1.82) is 0 Å². The van der Waals surface area contributed by atoms with Crippen LogP contribution in [0.3, 0.4) is 0 Å². The predicted molar refractivity (Wildman–Crippen MR) is 87.3 cm³/mol. The van der Waals surface area contributed by atoms with Gasteiger partial charge in [-0.3, -0.25) is 9.05 Å². The highest BCUT2D eigenvalue weighted by atomic mass is 79.9. The summed E-state index contributed by atoms with van der Waals surface area (Å²) in [4.78, 5) is 9.52. The molecule has 0 bridgehead atoms. The van der Waals surface area contributed by atoms with E-state index in [9.17, 15) is 9.46 Å². The van der Waals surface area contributed by atoms with Gasteiger partial charge in [0.1, 0.15) is 0 Å². The second-order valence-corrected chi connectivity index (χ2v) is 7.39. The molecule has 0 saturated heterocycles. The van der Waals surface area contributed by atoms with Crippen molar-refractivity contribution in [3.63, 3.8) is 0 Å². The maximum Gasteiger partial charge on any atom is 0.472 e. The van der Waals surface area contributed by atoms with E-state index in [4.69, 9.17) is 9.05 Å². The topological polar surface area (TPSA) is 55.8 Å². The van der Waals surface area contributed by atoms with Crippen LogP contribution in [0.2, 0.25) is 0 Å². The van der Waals surface area contributed by atoms with E-state index < -0.39 is 7.82 Å². The van der Waals surface area contributed by atoms with Crippen molar-refractivity contribution in [3.8, 4) is 0 Å². The van der Waals surface area contributed by atoms with Gasteiger partial charge in [-0.25, -0.2) is 4.57 Å². The maximum atomic E-state index is 11.6. The molecule has 0 saturated carbocycles. The van der Waals surface area contributed by atoms with Gasteiger partial charge >= 0.3 is 7.82 Å². The van der Waals surface area contributed by atoms with Crippen LogP contribution >= 0.6 is 23.8 Å². The third-order valence-corrected chi connectivity index (χ3v) is 4.54. The largest absolute Gasteiger partial charge is 0.472 e. The van der Waals surface area contributed by atoms with Crippen LogP contribution in [-0.2, 0) is 13.6 Å². The van der Waals surface area contributed by atoms with Crippen molar-refractivity contribution in [1.82, 2.24) is 0 Å². The number of rotatable bonds is 14. The van der Waals surface area contributed by atoms with Gasteiger partial charge in [0.2, 0.25) is 0 Å². The zero-order valence-corrected chi connectivity index (χ0v) is 15.3. The van der Waals surface area contributed by atoms with Gasteiger partial charge in [-0.15, -0.1) is 0 Å². The molecule has 20 heavy (non-hydrogen) atoms.